The summed E-state index contributed by atoms with van der Waals surface area (Å²) >= 11 is 3.53. The fourth-order valence-electron chi connectivity index (χ4n) is 3.81. The monoisotopic (exact) mass is 462 g/mol. The standard InChI is InChI=1S/C23H19BrN4O2/c1-29-17-5-2-14(3-6-17)13-28-16(12-21-26-8-9-30-21)11-19-22(28)18-7-4-15(24)10-20(18)27-23(19)25/h2-11H,12-13H2,1H3,(H2,25,27). The first kappa shape index (κ1) is 18.7. The number of hydrogen-bond donors (Lipinski definition) is 1. The maximum absolute atomic E-state index is 6.36. The number of ether oxygens (including phenoxy) is 1. The number of rotatable bonds is 5. The van der Waals surface area contributed by atoms with Crippen molar-refractivity contribution in [2.24, 2.45) is 0 Å². The van der Waals surface area contributed by atoms with Crippen molar-refractivity contribution < 1.29 is 9.15 Å². The van der Waals surface area contributed by atoms with Crippen LogP contribution < -0.4 is 10.5 Å². The molecule has 0 aliphatic rings. The van der Waals surface area contributed by atoms with Crippen LogP contribution in [0.2, 0.25) is 0 Å². The summed E-state index contributed by atoms with van der Waals surface area (Å²) in [6.07, 6.45) is 3.82. The van der Waals surface area contributed by atoms with Crippen LogP contribution in [0.1, 0.15) is 17.1 Å². The Morgan fingerprint density at radius 3 is 2.67 bits per heavy atom. The molecule has 5 aromatic rings. The molecule has 30 heavy (non-hydrogen) atoms. The number of pyridine rings is 1. The molecule has 2 aromatic carbocycles. The van der Waals surface area contributed by atoms with Crippen molar-refractivity contribution in [2.75, 3.05) is 12.8 Å². The average Bonchev–Trinajstić information content (AvgIpc) is 3.38. The highest BCUT2D eigenvalue weighted by Crippen LogP contribution is 2.33. The molecule has 0 saturated heterocycles. The lowest BCUT2D eigenvalue weighted by Crippen LogP contribution is -2.06. The number of hydrogen-bond acceptors (Lipinski definition) is 5. The number of aromatic nitrogens is 3. The molecule has 7 heteroatoms. The van der Waals surface area contributed by atoms with Crippen molar-refractivity contribution in [2.45, 2.75) is 13.0 Å². The molecule has 0 radical (unpaired) electrons. The van der Waals surface area contributed by atoms with Gasteiger partial charge in [0.1, 0.15) is 17.8 Å². The Hall–Kier alpha value is -3.32. The molecule has 0 aliphatic carbocycles. The summed E-state index contributed by atoms with van der Waals surface area (Å²) in [6, 6.07) is 16.3. The van der Waals surface area contributed by atoms with E-state index in [4.69, 9.17) is 14.9 Å². The first-order valence-corrected chi connectivity index (χ1v) is 10.3. The Kier molecular flexibility index (Phi) is 4.67. The summed E-state index contributed by atoms with van der Waals surface area (Å²) in [7, 11) is 1.67. The minimum absolute atomic E-state index is 0.512. The minimum atomic E-state index is 0.512. The molecule has 6 nitrogen and oxygen atoms in total. The zero-order valence-electron chi connectivity index (χ0n) is 16.3. The molecule has 0 spiro atoms. The van der Waals surface area contributed by atoms with Gasteiger partial charge in [0, 0.05) is 27.5 Å². The molecule has 0 aliphatic heterocycles. The number of halogens is 1. The largest absolute Gasteiger partial charge is 0.497 e. The van der Waals surface area contributed by atoms with Gasteiger partial charge in [-0.05, 0) is 42.0 Å². The van der Waals surface area contributed by atoms with Gasteiger partial charge in [0.15, 0.2) is 5.89 Å². The Balaban J connectivity index is 1.73. The van der Waals surface area contributed by atoms with Crippen molar-refractivity contribution in [1.82, 2.24) is 14.5 Å². The Labute approximate surface area is 181 Å². The third kappa shape index (κ3) is 3.31. The first-order chi connectivity index (χ1) is 14.6. The molecule has 3 aromatic heterocycles. The van der Waals surface area contributed by atoms with Crippen LogP contribution in [0.5, 0.6) is 5.75 Å². The molecule has 0 saturated carbocycles. The number of benzene rings is 2. The van der Waals surface area contributed by atoms with E-state index in [1.165, 1.54) is 0 Å². The summed E-state index contributed by atoms with van der Waals surface area (Å²) in [5.41, 5.74) is 10.5. The molecule has 150 valence electrons. The highest BCUT2D eigenvalue weighted by Gasteiger charge is 2.17. The molecule has 2 N–H and O–H groups in total. The van der Waals surface area contributed by atoms with Crippen LogP contribution in [-0.2, 0) is 13.0 Å². The van der Waals surface area contributed by atoms with Gasteiger partial charge in [-0.25, -0.2) is 9.97 Å². The maximum Gasteiger partial charge on any atom is 0.199 e. The summed E-state index contributed by atoms with van der Waals surface area (Å²) < 4.78 is 14.0. The zero-order valence-corrected chi connectivity index (χ0v) is 17.9. The fraction of sp³-hybridized carbons (Fsp3) is 0.130. The van der Waals surface area contributed by atoms with E-state index in [1.54, 1.807) is 19.6 Å². The van der Waals surface area contributed by atoms with Crippen LogP contribution in [0.3, 0.4) is 0 Å². The fourth-order valence-corrected chi connectivity index (χ4v) is 4.16. The average molecular weight is 463 g/mol. The van der Waals surface area contributed by atoms with Gasteiger partial charge in [0.25, 0.3) is 0 Å². The molecule has 0 atom stereocenters. The van der Waals surface area contributed by atoms with Gasteiger partial charge in [-0.2, -0.15) is 0 Å². The van der Waals surface area contributed by atoms with Crippen molar-refractivity contribution in [3.8, 4) is 5.75 Å². The van der Waals surface area contributed by atoms with Crippen LogP contribution in [0, 0.1) is 0 Å². The normalized spacial score (nSPS) is 11.4. The van der Waals surface area contributed by atoms with E-state index in [0.29, 0.717) is 24.7 Å². The topological polar surface area (TPSA) is 79.1 Å². The summed E-state index contributed by atoms with van der Waals surface area (Å²) in [5, 5.41) is 1.98. The summed E-state index contributed by atoms with van der Waals surface area (Å²) in [4.78, 5) is 8.92. The minimum Gasteiger partial charge on any atom is -0.497 e. The van der Waals surface area contributed by atoms with E-state index in [0.717, 1.165) is 43.3 Å². The molecule has 0 unspecified atom stereocenters. The lowest BCUT2D eigenvalue weighted by Gasteiger charge is -2.13. The third-order valence-electron chi connectivity index (χ3n) is 5.23. The van der Waals surface area contributed by atoms with Crippen molar-refractivity contribution >= 4 is 43.6 Å². The van der Waals surface area contributed by atoms with Gasteiger partial charge in [0.2, 0.25) is 0 Å². The molecule has 0 fully saturated rings. The van der Waals surface area contributed by atoms with Gasteiger partial charge in [-0.3, -0.25) is 0 Å². The van der Waals surface area contributed by atoms with Crippen molar-refractivity contribution in [3.05, 3.63) is 82.6 Å². The van der Waals surface area contributed by atoms with Crippen LogP contribution in [0.15, 0.2) is 69.9 Å². The highest BCUT2D eigenvalue weighted by atomic mass is 79.9. The molecular weight excluding hydrogens is 444 g/mol. The zero-order chi connectivity index (χ0) is 20.7. The van der Waals surface area contributed by atoms with Crippen LogP contribution >= 0.6 is 15.9 Å². The second kappa shape index (κ2) is 7.50. The smallest absolute Gasteiger partial charge is 0.199 e. The molecular formula is C23H19BrN4O2. The Bertz CT molecular complexity index is 1340. The molecule has 3 heterocycles. The van der Waals surface area contributed by atoms with Gasteiger partial charge in [-0.1, -0.05) is 28.1 Å². The van der Waals surface area contributed by atoms with Gasteiger partial charge in [0.05, 0.1) is 30.8 Å². The van der Waals surface area contributed by atoms with E-state index < -0.39 is 0 Å². The maximum atomic E-state index is 6.36. The SMILES string of the molecule is COc1ccc(Cn2c(Cc3ncco3)cc3c(N)nc4cc(Br)ccc4c32)cc1. The number of nitrogen functional groups attached to an aromatic ring is 1. The molecule has 0 bridgehead atoms. The number of nitrogens with zero attached hydrogens (tertiary/aromatic N) is 3. The number of anilines is 1. The quantitative estimate of drug-likeness (QED) is 0.389. The van der Waals surface area contributed by atoms with E-state index in [2.05, 4.69) is 54.7 Å². The van der Waals surface area contributed by atoms with Crippen LogP contribution in [0.4, 0.5) is 5.82 Å². The Morgan fingerprint density at radius 2 is 1.93 bits per heavy atom. The van der Waals surface area contributed by atoms with Gasteiger partial charge < -0.3 is 19.5 Å². The summed E-state index contributed by atoms with van der Waals surface area (Å²) in [5.74, 6) is 2.00. The Morgan fingerprint density at radius 1 is 1.10 bits per heavy atom. The summed E-state index contributed by atoms with van der Waals surface area (Å²) in [6.45, 7) is 0.679. The van der Waals surface area contributed by atoms with Crippen LogP contribution in [0.25, 0.3) is 21.8 Å². The first-order valence-electron chi connectivity index (χ1n) is 9.50. The second-order valence-corrected chi connectivity index (χ2v) is 8.01. The molecule has 5 rings (SSSR count). The lowest BCUT2D eigenvalue weighted by molar-refractivity contribution is 0.414. The van der Waals surface area contributed by atoms with Crippen molar-refractivity contribution in [1.29, 1.82) is 0 Å². The predicted octanol–water partition coefficient (Wildman–Crippen LogP) is 5.17. The lowest BCUT2D eigenvalue weighted by atomic mass is 10.1. The number of fused-ring (bicyclic) bond motifs is 3. The number of nitrogens with two attached hydrogens (primary N) is 1. The van der Waals surface area contributed by atoms with E-state index >= 15 is 0 Å². The second-order valence-electron chi connectivity index (χ2n) is 7.09. The molecule has 0 amide bonds. The van der Waals surface area contributed by atoms with E-state index in [9.17, 15) is 0 Å². The van der Waals surface area contributed by atoms with E-state index in [-0.39, 0.29) is 0 Å². The van der Waals surface area contributed by atoms with E-state index in [1.807, 2.05) is 24.3 Å². The number of oxazole rings is 1. The predicted molar refractivity (Wildman–Crippen MR) is 121 cm³/mol. The van der Waals surface area contributed by atoms with Gasteiger partial charge in [-0.15, -0.1) is 0 Å². The highest BCUT2D eigenvalue weighted by molar-refractivity contribution is 9.10. The van der Waals surface area contributed by atoms with Crippen molar-refractivity contribution in [3.63, 3.8) is 0 Å². The number of methoxy groups -OCH3 is 1. The third-order valence-corrected chi connectivity index (χ3v) is 5.72. The van der Waals surface area contributed by atoms with Crippen LogP contribution in [-0.4, -0.2) is 21.6 Å². The van der Waals surface area contributed by atoms with Gasteiger partial charge >= 0.3 is 0 Å².